The minimum absolute atomic E-state index is 0.308. The van der Waals surface area contributed by atoms with Gasteiger partial charge in [0.1, 0.15) is 0 Å². The van der Waals surface area contributed by atoms with Crippen molar-refractivity contribution in [1.82, 2.24) is 0 Å². The standard InChI is InChI=1S/C14H11BrO2S2/c15-12-6-8-13(9-7-12)18-10-11-19(16,17)14-4-2-1-3-5-14/h1-11H/b11-10+. The fourth-order valence-corrected chi connectivity index (χ4v) is 3.60. The second-order valence-electron chi connectivity index (χ2n) is 3.70. The van der Waals surface area contributed by atoms with Gasteiger partial charge in [-0.05, 0) is 41.8 Å². The van der Waals surface area contributed by atoms with Crippen molar-refractivity contribution in [2.45, 2.75) is 9.79 Å². The van der Waals surface area contributed by atoms with Gasteiger partial charge in [0.05, 0.1) is 4.90 Å². The lowest BCUT2D eigenvalue weighted by molar-refractivity contribution is 0.604. The van der Waals surface area contributed by atoms with Crippen LogP contribution in [0.2, 0.25) is 0 Å². The van der Waals surface area contributed by atoms with E-state index in [1.54, 1.807) is 35.7 Å². The summed E-state index contributed by atoms with van der Waals surface area (Å²) in [5.74, 6) is 0. The molecule has 19 heavy (non-hydrogen) atoms. The molecule has 0 radical (unpaired) electrons. The number of halogens is 1. The monoisotopic (exact) mass is 354 g/mol. The lowest BCUT2D eigenvalue weighted by Gasteiger charge is -1.98. The molecule has 0 saturated heterocycles. The number of sulfone groups is 1. The highest BCUT2D eigenvalue weighted by Gasteiger charge is 2.08. The summed E-state index contributed by atoms with van der Waals surface area (Å²) in [6.07, 6.45) is 0. The van der Waals surface area contributed by atoms with E-state index in [1.165, 1.54) is 17.2 Å². The van der Waals surface area contributed by atoms with Gasteiger partial charge in [-0.2, -0.15) is 0 Å². The molecule has 2 aromatic rings. The second-order valence-corrected chi connectivity index (χ2v) is 7.43. The van der Waals surface area contributed by atoms with Crippen LogP contribution in [0.25, 0.3) is 0 Å². The molecule has 2 aromatic carbocycles. The maximum atomic E-state index is 12.0. The van der Waals surface area contributed by atoms with E-state index < -0.39 is 9.84 Å². The van der Waals surface area contributed by atoms with Gasteiger partial charge in [-0.1, -0.05) is 45.9 Å². The Kier molecular flexibility index (Phi) is 4.85. The van der Waals surface area contributed by atoms with Crippen LogP contribution in [0.3, 0.4) is 0 Å². The zero-order chi connectivity index (χ0) is 13.7. The summed E-state index contributed by atoms with van der Waals surface area (Å²) >= 11 is 4.72. The molecule has 0 spiro atoms. The zero-order valence-electron chi connectivity index (χ0n) is 9.86. The Bertz CT molecular complexity index is 662. The number of thioether (sulfide) groups is 1. The fraction of sp³-hybridized carbons (Fsp3) is 0. The summed E-state index contributed by atoms with van der Waals surface area (Å²) in [4.78, 5) is 1.30. The molecule has 0 aliphatic rings. The number of hydrogen-bond donors (Lipinski definition) is 0. The molecule has 0 N–H and O–H groups in total. The summed E-state index contributed by atoms with van der Waals surface area (Å²) in [6.45, 7) is 0. The van der Waals surface area contributed by atoms with Gasteiger partial charge in [0, 0.05) is 14.8 Å². The molecule has 0 saturated carbocycles. The third-order valence-corrected chi connectivity index (χ3v) is 5.27. The smallest absolute Gasteiger partial charge is 0.200 e. The molecular formula is C14H11BrO2S2. The Morgan fingerprint density at radius 3 is 2.21 bits per heavy atom. The van der Waals surface area contributed by atoms with E-state index in [9.17, 15) is 8.42 Å². The van der Waals surface area contributed by atoms with Crippen LogP contribution in [0, 0.1) is 0 Å². The lowest BCUT2D eigenvalue weighted by Crippen LogP contribution is -1.94. The van der Waals surface area contributed by atoms with Gasteiger partial charge in [0.2, 0.25) is 0 Å². The first-order chi connectivity index (χ1) is 9.08. The predicted molar refractivity (Wildman–Crippen MR) is 82.8 cm³/mol. The van der Waals surface area contributed by atoms with E-state index >= 15 is 0 Å². The van der Waals surface area contributed by atoms with Crippen LogP contribution in [0.5, 0.6) is 0 Å². The Labute approximate surface area is 125 Å². The van der Waals surface area contributed by atoms with Gasteiger partial charge < -0.3 is 0 Å². The van der Waals surface area contributed by atoms with Crippen molar-refractivity contribution in [3.8, 4) is 0 Å². The third-order valence-electron chi connectivity index (χ3n) is 2.32. The molecular weight excluding hydrogens is 344 g/mol. The molecule has 98 valence electrons. The summed E-state index contributed by atoms with van der Waals surface area (Å²) in [7, 11) is -3.35. The van der Waals surface area contributed by atoms with Crippen molar-refractivity contribution in [3.63, 3.8) is 0 Å². The third kappa shape index (κ3) is 4.23. The molecule has 0 bridgehead atoms. The summed E-state index contributed by atoms with van der Waals surface area (Å²) in [6, 6.07) is 16.1. The van der Waals surface area contributed by atoms with Crippen molar-refractivity contribution >= 4 is 37.5 Å². The topological polar surface area (TPSA) is 34.1 Å². The van der Waals surface area contributed by atoms with Crippen molar-refractivity contribution < 1.29 is 8.42 Å². The van der Waals surface area contributed by atoms with Gasteiger partial charge in [-0.3, -0.25) is 0 Å². The molecule has 0 fully saturated rings. The van der Waals surface area contributed by atoms with Crippen LogP contribution in [0.1, 0.15) is 0 Å². The Hall–Kier alpha value is -1.04. The quantitative estimate of drug-likeness (QED) is 0.758. The van der Waals surface area contributed by atoms with Crippen molar-refractivity contribution in [1.29, 1.82) is 0 Å². The molecule has 5 heteroatoms. The van der Waals surface area contributed by atoms with Gasteiger partial charge >= 0.3 is 0 Å². The second kappa shape index (κ2) is 6.41. The molecule has 0 amide bonds. The highest BCUT2D eigenvalue weighted by molar-refractivity contribution is 9.10. The Morgan fingerprint density at radius 2 is 1.58 bits per heavy atom. The van der Waals surface area contributed by atoms with E-state index in [2.05, 4.69) is 15.9 Å². The number of hydrogen-bond acceptors (Lipinski definition) is 3. The first-order valence-electron chi connectivity index (χ1n) is 5.47. The highest BCUT2D eigenvalue weighted by atomic mass is 79.9. The SMILES string of the molecule is O=S(=O)(/C=C/Sc1ccc(Br)cc1)c1ccccc1. The maximum absolute atomic E-state index is 12.0. The maximum Gasteiger partial charge on any atom is 0.200 e. The first-order valence-corrected chi connectivity index (χ1v) is 8.69. The number of rotatable bonds is 4. The van der Waals surface area contributed by atoms with E-state index in [-0.39, 0.29) is 0 Å². The molecule has 0 atom stereocenters. The lowest BCUT2D eigenvalue weighted by atomic mass is 10.4. The average molecular weight is 355 g/mol. The Morgan fingerprint density at radius 1 is 0.947 bits per heavy atom. The molecule has 0 unspecified atom stereocenters. The van der Waals surface area contributed by atoms with Crippen LogP contribution in [0.4, 0.5) is 0 Å². The fourth-order valence-electron chi connectivity index (χ4n) is 1.38. The van der Waals surface area contributed by atoms with E-state index in [0.29, 0.717) is 4.90 Å². The van der Waals surface area contributed by atoms with Crippen LogP contribution in [-0.4, -0.2) is 8.42 Å². The molecule has 0 aliphatic carbocycles. The molecule has 0 aliphatic heterocycles. The minimum atomic E-state index is -3.35. The normalized spacial score (nSPS) is 11.8. The van der Waals surface area contributed by atoms with Crippen LogP contribution >= 0.6 is 27.7 Å². The van der Waals surface area contributed by atoms with Gasteiger partial charge in [0.25, 0.3) is 0 Å². The van der Waals surface area contributed by atoms with Gasteiger partial charge in [-0.25, -0.2) is 8.42 Å². The summed E-state index contributed by atoms with van der Waals surface area (Å²) in [5, 5.41) is 2.82. The van der Waals surface area contributed by atoms with Crippen LogP contribution in [0.15, 0.2) is 79.7 Å². The summed E-state index contributed by atoms with van der Waals surface area (Å²) in [5.41, 5.74) is 0. The molecule has 0 aromatic heterocycles. The van der Waals surface area contributed by atoms with Crippen LogP contribution in [-0.2, 0) is 9.84 Å². The van der Waals surface area contributed by atoms with Crippen molar-refractivity contribution in [2.24, 2.45) is 0 Å². The molecule has 2 rings (SSSR count). The van der Waals surface area contributed by atoms with Crippen molar-refractivity contribution in [3.05, 3.63) is 69.9 Å². The van der Waals surface area contributed by atoms with E-state index in [4.69, 9.17) is 0 Å². The van der Waals surface area contributed by atoms with Crippen LogP contribution < -0.4 is 0 Å². The zero-order valence-corrected chi connectivity index (χ0v) is 13.1. The van der Waals surface area contributed by atoms with E-state index in [0.717, 1.165) is 9.37 Å². The van der Waals surface area contributed by atoms with Gasteiger partial charge in [0.15, 0.2) is 9.84 Å². The van der Waals surface area contributed by atoms with E-state index in [1.807, 2.05) is 24.3 Å². The minimum Gasteiger partial charge on any atom is -0.219 e. The molecule has 2 nitrogen and oxygen atoms in total. The summed E-state index contributed by atoms with van der Waals surface area (Å²) < 4.78 is 24.9. The number of benzene rings is 2. The largest absolute Gasteiger partial charge is 0.219 e. The average Bonchev–Trinajstić information content (AvgIpc) is 2.42. The first kappa shape index (κ1) is 14.4. The molecule has 0 heterocycles. The predicted octanol–water partition coefficient (Wildman–Crippen LogP) is 4.49. The van der Waals surface area contributed by atoms with Crippen molar-refractivity contribution in [2.75, 3.05) is 0 Å². The Balaban J connectivity index is 2.09. The highest BCUT2D eigenvalue weighted by Crippen LogP contribution is 2.22. The van der Waals surface area contributed by atoms with Gasteiger partial charge in [-0.15, -0.1) is 0 Å².